The zero-order valence-electron chi connectivity index (χ0n) is 13.3. The number of nitrogens with one attached hydrogen (secondary N) is 1. The molecule has 1 aliphatic heterocycles. The number of ether oxygens (including phenoxy) is 1. The summed E-state index contributed by atoms with van der Waals surface area (Å²) in [6, 6.07) is 6.77. The van der Waals surface area contributed by atoms with E-state index in [9.17, 15) is 0 Å². The third kappa shape index (κ3) is 3.74. The molecule has 0 bridgehead atoms. The Morgan fingerprint density at radius 1 is 1.15 bits per heavy atom. The van der Waals surface area contributed by atoms with Gasteiger partial charge in [-0.2, -0.15) is 0 Å². The van der Waals surface area contributed by atoms with Crippen molar-refractivity contribution in [1.29, 1.82) is 0 Å². The quantitative estimate of drug-likeness (QED) is 0.895. The molecule has 1 N–H and O–H groups in total. The fraction of sp³-hybridized carbons (Fsp3) is 0.647. The Labute approximate surface area is 123 Å². The highest BCUT2D eigenvalue weighted by atomic mass is 16.5. The fourth-order valence-corrected chi connectivity index (χ4v) is 3.38. The van der Waals surface area contributed by atoms with Crippen LogP contribution in [-0.2, 0) is 4.74 Å². The monoisotopic (exact) mass is 276 g/mol. The zero-order chi connectivity index (χ0) is 14.6. The summed E-state index contributed by atoms with van der Waals surface area (Å²) in [7, 11) is 4.02. The average molecular weight is 276 g/mol. The second-order valence-corrected chi connectivity index (χ2v) is 6.38. The minimum Gasteiger partial charge on any atom is -0.384 e. The van der Waals surface area contributed by atoms with Gasteiger partial charge in [0.15, 0.2) is 0 Å². The molecule has 3 heteroatoms. The van der Waals surface area contributed by atoms with Gasteiger partial charge < -0.3 is 15.0 Å². The standard InChI is InChI=1S/C17H28N2O/c1-14-9-15(2)11-16(10-14)19(3)12-17(13-20-4)5-7-18-8-6-17/h9-11,18H,5-8,12-13H2,1-4H3. The van der Waals surface area contributed by atoms with Crippen LogP contribution in [0.2, 0.25) is 0 Å². The number of methoxy groups -OCH3 is 1. The first kappa shape index (κ1) is 15.3. The number of anilines is 1. The number of nitrogens with zero attached hydrogens (tertiary/aromatic N) is 1. The van der Waals surface area contributed by atoms with E-state index in [1.807, 2.05) is 7.11 Å². The fourth-order valence-electron chi connectivity index (χ4n) is 3.38. The van der Waals surface area contributed by atoms with Crippen LogP contribution in [0, 0.1) is 19.3 Å². The van der Waals surface area contributed by atoms with E-state index < -0.39 is 0 Å². The van der Waals surface area contributed by atoms with Gasteiger partial charge in [0, 0.05) is 31.8 Å². The van der Waals surface area contributed by atoms with Gasteiger partial charge in [-0.15, -0.1) is 0 Å². The summed E-state index contributed by atoms with van der Waals surface area (Å²) >= 11 is 0. The molecule has 0 radical (unpaired) electrons. The molecule has 0 atom stereocenters. The Bertz CT molecular complexity index is 413. The van der Waals surface area contributed by atoms with Crippen LogP contribution in [0.4, 0.5) is 5.69 Å². The van der Waals surface area contributed by atoms with Crippen LogP contribution in [0.1, 0.15) is 24.0 Å². The summed E-state index contributed by atoms with van der Waals surface area (Å²) < 4.78 is 5.51. The molecule has 1 saturated heterocycles. The second-order valence-electron chi connectivity index (χ2n) is 6.38. The Morgan fingerprint density at radius 3 is 2.30 bits per heavy atom. The maximum atomic E-state index is 5.51. The van der Waals surface area contributed by atoms with Gasteiger partial charge in [-0.1, -0.05) is 6.07 Å². The van der Waals surface area contributed by atoms with E-state index in [-0.39, 0.29) is 5.41 Å². The van der Waals surface area contributed by atoms with Gasteiger partial charge >= 0.3 is 0 Å². The smallest absolute Gasteiger partial charge is 0.0536 e. The van der Waals surface area contributed by atoms with Crippen molar-refractivity contribution in [2.45, 2.75) is 26.7 Å². The predicted molar refractivity (Wildman–Crippen MR) is 85.6 cm³/mol. The summed E-state index contributed by atoms with van der Waals surface area (Å²) in [6.45, 7) is 8.45. The SMILES string of the molecule is COCC1(CN(C)c2cc(C)cc(C)c2)CCNCC1. The molecule has 1 heterocycles. The van der Waals surface area contributed by atoms with Crippen LogP contribution in [0.15, 0.2) is 18.2 Å². The van der Waals surface area contributed by atoms with Crippen LogP contribution < -0.4 is 10.2 Å². The number of rotatable bonds is 5. The number of hydrogen-bond donors (Lipinski definition) is 1. The van der Waals surface area contributed by atoms with Gasteiger partial charge in [0.1, 0.15) is 0 Å². The van der Waals surface area contributed by atoms with Crippen LogP contribution in [0.3, 0.4) is 0 Å². The van der Waals surface area contributed by atoms with Crippen LogP contribution in [-0.4, -0.2) is 40.4 Å². The molecular weight excluding hydrogens is 248 g/mol. The first-order chi connectivity index (χ1) is 9.54. The van der Waals surface area contributed by atoms with Gasteiger partial charge in [0.05, 0.1) is 6.61 Å². The Balaban J connectivity index is 2.13. The molecule has 1 aromatic carbocycles. The zero-order valence-corrected chi connectivity index (χ0v) is 13.3. The predicted octanol–water partition coefficient (Wildman–Crippen LogP) is 2.76. The van der Waals surface area contributed by atoms with Crippen molar-refractivity contribution in [3.8, 4) is 0 Å². The largest absolute Gasteiger partial charge is 0.384 e. The van der Waals surface area contributed by atoms with Crippen LogP contribution in [0.25, 0.3) is 0 Å². The summed E-state index contributed by atoms with van der Waals surface area (Å²) in [5.74, 6) is 0. The van der Waals surface area contributed by atoms with E-state index in [1.54, 1.807) is 0 Å². The Kier molecular flexibility index (Phi) is 5.06. The molecule has 0 aromatic heterocycles. The van der Waals surface area contributed by atoms with Crippen molar-refractivity contribution in [2.75, 3.05) is 45.3 Å². The normalized spacial score (nSPS) is 18.0. The summed E-state index contributed by atoms with van der Waals surface area (Å²) in [6.07, 6.45) is 2.38. The van der Waals surface area contributed by atoms with E-state index in [4.69, 9.17) is 4.74 Å². The van der Waals surface area contributed by atoms with Crippen LogP contribution in [0.5, 0.6) is 0 Å². The lowest BCUT2D eigenvalue weighted by Gasteiger charge is -2.40. The van der Waals surface area contributed by atoms with Crippen molar-refractivity contribution >= 4 is 5.69 Å². The minimum atomic E-state index is 0.284. The van der Waals surface area contributed by atoms with Crippen molar-refractivity contribution in [2.24, 2.45) is 5.41 Å². The topological polar surface area (TPSA) is 24.5 Å². The average Bonchev–Trinajstić information content (AvgIpc) is 2.38. The molecule has 1 fully saturated rings. The molecule has 2 rings (SSSR count). The molecule has 0 unspecified atom stereocenters. The number of aryl methyl sites for hydroxylation is 2. The van der Waals surface area contributed by atoms with E-state index in [0.717, 1.165) is 26.2 Å². The lowest BCUT2D eigenvalue weighted by molar-refractivity contribution is 0.0596. The van der Waals surface area contributed by atoms with Crippen molar-refractivity contribution in [1.82, 2.24) is 5.32 Å². The minimum absolute atomic E-state index is 0.284. The molecule has 112 valence electrons. The van der Waals surface area contributed by atoms with E-state index in [2.05, 4.69) is 49.3 Å². The molecular formula is C17H28N2O. The Hall–Kier alpha value is -1.06. The maximum absolute atomic E-state index is 5.51. The van der Waals surface area contributed by atoms with Gasteiger partial charge in [-0.25, -0.2) is 0 Å². The first-order valence-corrected chi connectivity index (χ1v) is 7.54. The second kappa shape index (κ2) is 6.59. The summed E-state index contributed by atoms with van der Waals surface area (Å²) in [5, 5.41) is 3.46. The number of benzene rings is 1. The molecule has 20 heavy (non-hydrogen) atoms. The molecule has 1 aromatic rings. The highest BCUT2D eigenvalue weighted by Crippen LogP contribution is 2.32. The van der Waals surface area contributed by atoms with E-state index in [0.29, 0.717) is 0 Å². The number of piperidine rings is 1. The lowest BCUT2D eigenvalue weighted by atomic mass is 9.79. The van der Waals surface area contributed by atoms with Crippen molar-refractivity contribution in [3.63, 3.8) is 0 Å². The molecule has 0 saturated carbocycles. The molecule has 0 aliphatic carbocycles. The highest BCUT2D eigenvalue weighted by Gasteiger charge is 2.33. The third-order valence-corrected chi connectivity index (χ3v) is 4.33. The van der Waals surface area contributed by atoms with Crippen LogP contribution >= 0.6 is 0 Å². The Morgan fingerprint density at radius 2 is 1.75 bits per heavy atom. The molecule has 1 aliphatic rings. The third-order valence-electron chi connectivity index (χ3n) is 4.33. The van der Waals surface area contributed by atoms with Gasteiger partial charge in [0.2, 0.25) is 0 Å². The molecule has 0 spiro atoms. The first-order valence-electron chi connectivity index (χ1n) is 7.54. The van der Waals surface area contributed by atoms with E-state index >= 15 is 0 Å². The summed E-state index contributed by atoms with van der Waals surface area (Å²) in [4.78, 5) is 2.39. The van der Waals surface area contributed by atoms with Gasteiger partial charge in [-0.3, -0.25) is 0 Å². The molecule has 3 nitrogen and oxygen atoms in total. The van der Waals surface area contributed by atoms with Crippen molar-refractivity contribution in [3.05, 3.63) is 29.3 Å². The van der Waals surface area contributed by atoms with Gasteiger partial charge in [-0.05, 0) is 63.0 Å². The number of hydrogen-bond acceptors (Lipinski definition) is 3. The van der Waals surface area contributed by atoms with E-state index in [1.165, 1.54) is 29.7 Å². The molecule has 0 amide bonds. The maximum Gasteiger partial charge on any atom is 0.0536 e. The van der Waals surface area contributed by atoms with Crippen molar-refractivity contribution < 1.29 is 4.74 Å². The van der Waals surface area contributed by atoms with Gasteiger partial charge in [0.25, 0.3) is 0 Å². The summed E-state index contributed by atoms with van der Waals surface area (Å²) in [5.41, 5.74) is 4.26. The lowest BCUT2D eigenvalue weighted by Crippen LogP contribution is -2.46. The highest BCUT2D eigenvalue weighted by molar-refractivity contribution is 5.50.